The second-order valence-electron chi connectivity index (χ2n) is 5.93. The number of nitrogens with zero attached hydrogens (tertiary/aromatic N) is 2. The standard InChI is InChI=1S/C18H26N2O3/c1-15(12-16-4-6-17(22-3)7-5-16)13-19(2)14-18(21)20-8-10-23-11-9-20/h4-7,12H,8-11,13-14H2,1-3H3/b15-12+. The quantitative estimate of drug-likeness (QED) is 0.803. The maximum Gasteiger partial charge on any atom is 0.236 e. The van der Waals surface area contributed by atoms with Crippen molar-refractivity contribution in [1.29, 1.82) is 0 Å². The van der Waals surface area contributed by atoms with Crippen LogP contribution in [0, 0.1) is 0 Å². The molecule has 1 heterocycles. The van der Waals surface area contributed by atoms with E-state index in [1.807, 2.05) is 41.1 Å². The molecule has 0 unspecified atom stereocenters. The van der Waals surface area contributed by atoms with E-state index < -0.39 is 0 Å². The maximum atomic E-state index is 12.2. The van der Waals surface area contributed by atoms with Crippen LogP contribution >= 0.6 is 0 Å². The summed E-state index contributed by atoms with van der Waals surface area (Å²) in [4.78, 5) is 16.1. The maximum absolute atomic E-state index is 12.2. The summed E-state index contributed by atoms with van der Waals surface area (Å²) in [6.45, 7) is 5.98. The van der Waals surface area contributed by atoms with Gasteiger partial charge in [-0.05, 0) is 31.7 Å². The Hall–Kier alpha value is -1.85. The molecular weight excluding hydrogens is 292 g/mol. The molecule has 0 aromatic heterocycles. The molecule has 1 fully saturated rings. The van der Waals surface area contributed by atoms with Crippen LogP contribution in [-0.2, 0) is 9.53 Å². The van der Waals surface area contributed by atoms with E-state index in [-0.39, 0.29) is 5.91 Å². The van der Waals surface area contributed by atoms with E-state index in [2.05, 4.69) is 13.0 Å². The summed E-state index contributed by atoms with van der Waals surface area (Å²) in [5.74, 6) is 1.03. The van der Waals surface area contributed by atoms with E-state index in [0.717, 1.165) is 17.9 Å². The number of ether oxygens (including phenoxy) is 2. The molecule has 0 bridgehead atoms. The van der Waals surface area contributed by atoms with E-state index in [0.29, 0.717) is 32.8 Å². The van der Waals surface area contributed by atoms with Crippen LogP contribution in [0.25, 0.3) is 6.08 Å². The summed E-state index contributed by atoms with van der Waals surface area (Å²) >= 11 is 0. The number of benzene rings is 1. The van der Waals surface area contributed by atoms with Gasteiger partial charge >= 0.3 is 0 Å². The number of likely N-dealkylation sites (N-methyl/N-ethyl adjacent to an activating group) is 1. The molecule has 1 aliphatic rings. The lowest BCUT2D eigenvalue weighted by Gasteiger charge is -2.28. The molecule has 126 valence electrons. The Kier molecular flexibility index (Phi) is 6.62. The van der Waals surface area contributed by atoms with Gasteiger partial charge in [-0.15, -0.1) is 0 Å². The number of hydrogen-bond acceptors (Lipinski definition) is 4. The molecule has 0 radical (unpaired) electrons. The first-order valence-electron chi connectivity index (χ1n) is 7.94. The highest BCUT2D eigenvalue weighted by molar-refractivity contribution is 5.78. The van der Waals surface area contributed by atoms with Gasteiger partial charge in [0.05, 0.1) is 26.9 Å². The molecule has 1 aliphatic heterocycles. The zero-order valence-electron chi connectivity index (χ0n) is 14.2. The van der Waals surface area contributed by atoms with Crippen molar-refractivity contribution in [3.8, 4) is 5.75 Å². The van der Waals surface area contributed by atoms with Gasteiger partial charge in [-0.25, -0.2) is 0 Å². The van der Waals surface area contributed by atoms with Crippen molar-refractivity contribution in [1.82, 2.24) is 9.80 Å². The third-order valence-corrected chi connectivity index (χ3v) is 3.82. The fourth-order valence-electron chi connectivity index (χ4n) is 2.66. The molecule has 0 atom stereocenters. The first kappa shape index (κ1) is 17.5. The number of carbonyl (C=O) groups is 1. The molecule has 5 nitrogen and oxygen atoms in total. The highest BCUT2D eigenvalue weighted by Gasteiger charge is 2.18. The van der Waals surface area contributed by atoms with Crippen molar-refractivity contribution in [2.75, 3.05) is 53.6 Å². The molecule has 23 heavy (non-hydrogen) atoms. The molecule has 1 aromatic rings. The molecule has 2 rings (SSSR count). The van der Waals surface area contributed by atoms with Gasteiger partial charge in [0, 0.05) is 19.6 Å². The van der Waals surface area contributed by atoms with Crippen molar-refractivity contribution >= 4 is 12.0 Å². The molecule has 5 heteroatoms. The first-order chi connectivity index (χ1) is 11.1. The molecule has 1 amide bonds. The van der Waals surface area contributed by atoms with E-state index in [1.165, 1.54) is 5.57 Å². The first-order valence-corrected chi connectivity index (χ1v) is 7.94. The zero-order chi connectivity index (χ0) is 16.7. The molecule has 0 spiro atoms. The Morgan fingerprint density at radius 2 is 1.91 bits per heavy atom. The van der Waals surface area contributed by atoms with Crippen LogP contribution in [0.3, 0.4) is 0 Å². The van der Waals surface area contributed by atoms with Crippen molar-refractivity contribution in [2.24, 2.45) is 0 Å². The second kappa shape index (κ2) is 8.70. The second-order valence-corrected chi connectivity index (χ2v) is 5.93. The molecule has 0 N–H and O–H groups in total. The average molecular weight is 318 g/mol. The largest absolute Gasteiger partial charge is 0.497 e. The molecular formula is C18H26N2O3. The molecule has 0 aliphatic carbocycles. The molecule has 0 saturated carbocycles. The van der Waals surface area contributed by atoms with Crippen LogP contribution in [0.15, 0.2) is 29.8 Å². The minimum atomic E-state index is 0.174. The van der Waals surface area contributed by atoms with Gasteiger partial charge in [0.25, 0.3) is 0 Å². The minimum Gasteiger partial charge on any atom is -0.497 e. The minimum absolute atomic E-state index is 0.174. The van der Waals surface area contributed by atoms with Crippen LogP contribution in [0.4, 0.5) is 0 Å². The Balaban J connectivity index is 1.84. The van der Waals surface area contributed by atoms with Gasteiger partial charge in [-0.3, -0.25) is 9.69 Å². The Labute approximate surface area is 138 Å². The summed E-state index contributed by atoms with van der Waals surface area (Å²) < 4.78 is 10.4. The predicted molar refractivity (Wildman–Crippen MR) is 91.5 cm³/mol. The highest BCUT2D eigenvalue weighted by atomic mass is 16.5. The fraction of sp³-hybridized carbons (Fsp3) is 0.500. The molecule has 1 saturated heterocycles. The van der Waals surface area contributed by atoms with Gasteiger partial charge in [-0.2, -0.15) is 0 Å². The Bertz CT molecular complexity index is 534. The lowest BCUT2D eigenvalue weighted by atomic mass is 10.1. The summed E-state index contributed by atoms with van der Waals surface area (Å²) in [6.07, 6.45) is 2.13. The fourth-order valence-corrected chi connectivity index (χ4v) is 2.66. The Morgan fingerprint density at radius 3 is 2.52 bits per heavy atom. The van der Waals surface area contributed by atoms with E-state index in [1.54, 1.807) is 7.11 Å². The number of amides is 1. The average Bonchev–Trinajstić information content (AvgIpc) is 2.56. The van der Waals surface area contributed by atoms with E-state index >= 15 is 0 Å². The van der Waals surface area contributed by atoms with Crippen molar-refractivity contribution in [2.45, 2.75) is 6.92 Å². The van der Waals surface area contributed by atoms with Crippen molar-refractivity contribution in [3.05, 3.63) is 35.4 Å². The van der Waals surface area contributed by atoms with E-state index in [4.69, 9.17) is 9.47 Å². The SMILES string of the molecule is COc1ccc(/C=C(\C)CN(C)CC(=O)N2CCOCC2)cc1. The predicted octanol–water partition coefficient (Wildman–Crippen LogP) is 1.89. The van der Waals surface area contributed by atoms with Gasteiger partial charge in [0.1, 0.15) is 5.75 Å². The highest BCUT2D eigenvalue weighted by Crippen LogP contribution is 2.14. The van der Waals surface area contributed by atoms with E-state index in [9.17, 15) is 4.79 Å². The lowest BCUT2D eigenvalue weighted by molar-refractivity contribution is -0.136. The monoisotopic (exact) mass is 318 g/mol. The zero-order valence-corrected chi connectivity index (χ0v) is 14.2. The third-order valence-electron chi connectivity index (χ3n) is 3.82. The smallest absolute Gasteiger partial charge is 0.236 e. The van der Waals surface area contributed by atoms with Gasteiger partial charge in [0.15, 0.2) is 0 Å². The number of rotatable bonds is 6. The summed E-state index contributed by atoms with van der Waals surface area (Å²) in [5.41, 5.74) is 2.35. The number of hydrogen-bond donors (Lipinski definition) is 0. The van der Waals surface area contributed by atoms with Crippen LogP contribution in [0.1, 0.15) is 12.5 Å². The van der Waals surface area contributed by atoms with Crippen LogP contribution < -0.4 is 4.74 Å². The normalized spacial score (nSPS) is 15.8. The van der Waals surface area contributed by atoms with Gasteiger partial charge in [0.2, 0.25) is 5.91 Å². The van der Waals surface area contributed by atoms with Crippen LogP contribution in [0.5, 0.6) is 5.75 Å². The van der Waals surface area contributed by atoms with Crippen LogP contribution in [0.2, 0.25) is 0 Å². The topological polar surface area (TPSA) is 42.0 Å². The number of morpholine rings is 1. The summed E-state index contributed by atoms with van der Waals surface area (Å²) in [7, 11) is 3.64. The number of carbonyl (C=O) groups excluding carboxylic acids is 1. The van der Waals surface area contributed by atoms with Crippen LogP contribution in [-0.4, -0.2) is 69.3 Å². The van der Waals surface area contributed by atoms with Gasteiger partial charge in [-0.1, -0.05) is 23.8 Å². The third kappa shape index (κ3) is 5.69. The van der Waals surface area contributed by atoms with Crippen molar-refractivity contribution < 1.29 is 14.3 Å². The van der Waals surface area contributed by atoms with Crippen molar-refractivity contribution in [3.63, 3.8) is 0 Å². The molecule has 1 aromatic carbocycles. The summed E-state index contributed by atoms with van der Waals surface area (Å²) in [6, 6.07) is 7.96. The number of methoxy groups -OCH3 is 1. The lowest BCUT2D eigenvalue weighted by Crippen LogP contribution is -2.45. The summed E-state index contributed by atoms with van der Waals surface area (Å²) in [5, 5.41) is 0. The Morgan fingerprint density at radius 1 is 1.26 bits per heavy atom. The van der Waals surface area contributed by atoms with Gasteiger partial charge < -0.3 is 14.4 Å².